The Morgan fingerprint density at radius 1 is 0.645 bits per heavy atom. The van der Waals surface area contributed by atoms with Crippen LogP contribution in [0.4, 0.5) is 28.9 Å². The molecule has 0 aliphatic heterocycles. The third kappa shape index (κ3) is 5.52. The molecule has 3 aromatic carbocycles. The predicted octanol–water partition coefficient (Wildman–Crippen LogP) is 4.45. The van der Waals surface area contributed by atoms with E-state index in [0.717, 1.165) is 54.6 Å². The van der Waals surface area contributed by atoms with Gasteiger partial charge >= 0.3 is 6.18 Å². The van der Waals surface area contributed by atoms with Crippen LogP contribution in [-0.2, 0) is 26.2 Å². The Balaban J connectivity index is 1.78. The maximum Gasteiger partial charge on any atom is 0.416 e. The first kappa shape index (κ1) is 22.6. The van der Waals surface area contributed by atoms with Gasteiger partial charge in [-0.25, -0.2) is 21.2 Å². The van der Waals surface area contributed by atoms with E-state index in [1.165, 1.54) is 12.1 Å². The highest BCUT2D eigenvalue weighted by atomic mass is 32.2. The van der Waals surface area contributed by atoms with E-state index in [-0.39, 0.29) is 21.2 Å². The summed E-state index contributed by atoms with van der Waals surface area (Å²) in [5.41, 5.74) is -1.27. The Kier molecular flexibility index (Phi) is 5.96. The van der Waals surface area contributed by atoms with Crippen LogP contribution >= 0.6 is 0 Å². The molecule has 0 aliphatic carbocycles. The highest BCUT2D eigenvalue weighted by molar-refractivity contribution is 7.93. The smallest absolute Gasteiger partial charge is 0.280 e. The lowest BCUT2D eigenvalue weighted by atomic mass is 10.2. The van der Waals surface area contributed by atoms with E-state index in [9.17, 15) is 34.4 Å². The minimum atomic E-state index is -4.63. The minimum absolute atomic E-state index is 0.0299. The van der Waals surface area contributed by atoms with Gasteiger partial charge in [-0.05, 0) is 66.7 Å². The molecule has 0 unspecified atom stereocenters. The van der Waals surface area contributed by atoms with Gasteiger partial charge < -0.3 is 0 Å². The van der Waals surface area contributed by atoms with Gasteiger partial charge in [0.25, 0.3) is 20.0 Å². The zero-order chi connectivity index (χ0) is 22.9. The lowest BCUT2D eigenvalue weighted by Crippen LogP contribution is -2.15. The van der Waals surface area contributed by atoms with Crippen LogP contribution in [0.25, 0.3) is 0 Å². The molecule has 164 valence electrons. The van der Waals surface area contributed by atoms with E-state index in [1.54, 1.807) is 0 Å². The Morgan fingerprint density at radius 3 is 1.65 bits per heavy atom. The molecule has 0 amide bonds. The molecular formula is C19H14F4N2O4S2. The standard InChI is InChI=1S/C19H14F4N2O4S2/c20-14-4-8-17(9-5-14)30(26,27)24-15-6-10-18(11-7-15)31(28,29)25-16-3-1-2-13(12-16)19(21,22)23/h1-12,24-25H. The van der Waals surface area contributed by atoms with E-state index in [1.807, 2.05) is 4.72 Å². The van der Waals surface area contributed by atoms with Crippen LogP contribution in [-0.4, -0.2) is 16.8 Å². The summed E-state index contributed by atoms with van der Waals surface area (Å²) in [5.74, 6) is -0.609. The third-order valence-electron chi connectivity index (χ3n) is 3.98. The molecule has 0 aromatic heterocycles. The normalized spacial score (nSPS) is 12.4. The van der Waals surface area contributed by atoms with Gasteiger partial charge in [-0.2, -0.15) is 13.2 Å². The first-order valence-corrected chi connectivity index (χ1v) is 11.4. The third-order valence-corrected chi connectivity index (χ3v) is 6.78. The van der Waals surface area contributed by atoms with Crippen molar-refractivity contribution in [2.45, 2.75) is 16.0 Å². The molecule has 0 spiro atoms. The number of alkyl halides is 3. The van der Waals surface area contributed by atoms with Crippen molar-refractivity contribution in [3.8, 4) is 0 Å². The lowest BCUT2D eigenvalue weighted by Gasteiger charge is -2.12. The first-order chi connectivity index (χ1) is 14.4. The molecule has 0 saturated heterocycles. The van der Waals surface area contributed by atoms with Gasteiger partial charge in [0.2, 0.25) is 0 Å². The van der Waals surface area contributed by atoms with Gasteiger partial charge in [-0.1, -0.05) is 6.07 Å². The van der Waals surface area contributed by atoms with E-state index in [4.69, 9.17) is 0 Å². The highest BCUT2D eigenvalue weighted by Crippen LogP contribution is 2.31. The zero-order valence-electron chi connectivity index (χ0n) is 15.4. The first-order valence-electron chi connectivity index (χ1n) is 8.45. The number of nitrogens with one attached hydrogen (secondary N) is 2. The van der Waals surface area contributed by atoms with Gasteiger partial charge in [-0.3, -0.25) is 9.44 Å². The van der Waals surface area contributed by atoms with Crippen LogP contribution in [0.15, 0.2) is 82.6 Å². The number of sulfonamides is 2. The molecule has 0 fully saturated rings. The highest BCUT2D eigenvalue weighted by Gasteiger charge is 2.30. The van der Waals surface area contributed by atoms with Crippen molar-refractivity contribution in [3.63, 3.8) is 0 Å². The number of hydrogen-bond donors (Lipinski definition) is 2. The number of anilines is 2. The number of hydrogen-bond acceptors (Lipinski definition) is 4. The Hall–Kier alpha value is -3.12. The fourth-order valence-electron chi connectivity index (χ4n) is 2.50. The fraction of sp³-hybridized carbons (Fsp3) is 0.0526. The molecule has 2 N–H and O–H groups in total. The van der Waals surface area contributed by atoms with E-state index >= 15 is 0 Å². The summed E-state index contributed by atoms with van der Waals surface area (Å²) in [7, 11) is -8.26. The lowest BCUT2D eigenvalue weighted by molar-refractivity contribution is -0.137. The van der Waals surface area contributed by atoms with Crippen LogP contribution in [0.3, 0.4) is 0 Å². The molecule has 12 heteroatoms. The second-order valence-electron chi connectivity index (χ2n) is 6.27. The van der Waals surface area contributed by atoms with Crippen LogP contribution in [0.1, 0.15) is 5.56 Å². The maximum atomic E-state index is 13.0. The zero-order valence-corrected chi connectivity index (χ0v) is 17.0. The van der Waals surface area contributed by atoms with Crippen molar-refractivity contribution in [2.24, 2.45) is 0 Å². The molecular weight excluding hydrogens is 460 g/mol. The van der Waals surface area contributed by atoms with Crippen molar-refractivity contribution < 1.29 is 34.4 Å². The Labute approximate surface area is 175 Å². The summed E-state index contributed by atoms with van der Waals surface area (Å²) in [5, 5.41) is 0. The van der Waals surface area contributed by atoms with E-state index in [2.05, 4.69) is 4.72 Å². The minimum Gasteiger partial charge on any atom is -0.280 e. The van der Waals surface area contributed by atoms with Gasteiger partial charge in [0.1, 0.15) is 5.82 Å². The molecule has 0 aliphatic rings. The Morgan fingerprint density at radius 2 is 1.13 bits per heavy atom. The van der Waals surface area contributed by atoms with Gasteiger partial charge in [0.15, 0.2) is 0 Å². The van der Waals surface area contributed by atoms with Gasteiger partial charge in [0.05, 0.1) is 15.4 Å². The molecule has 3 rings (SSSR count). The predicted molar refractivity (Wildman–Crippen MR) is 106 cm³/mol. The summed E-state index contributed by atoms with van der Waals surface area (Å²) in [6, 6.07) is 12.3. The summed E-state index contributed by atoms with van der Waals surface area (Å²) in [6.45, 7) is 0. The largest absolute Gasteiger partial charge is 0.416 e. The second-order valence-corrected chi connectivity index (χ2v) is 9.63. The van der Waals surface area contributed by atoms with E-state index in [0.29, 0.717) is 6.07 Å². The Bertz CT molecular complexity index is 1290. The monoisotopic (exact) mass is 474 g/mol. The van der Waals surface area contributed by atoms with Crippen LogP contribution < -0.4 is 9.44 Å². The molecule has 0 radical (unpaired) electrons. The van der Waals surface area contributed by atoms with Crippen molar-refractivity contribution >= 4 is 31.4 Å². The second kappa shape index (κ2) is 8.19. The van der Waals surface area contributed by atoms with Crippen molar-refractivity contribution in [2.75, 3.05) is 9.44 Å². The van der Waals surface area contributed by atoms with Crippen molar-refractivity contribution in [1.82, 2.24) is 0 Å². The molecule has 3 aromatic rings. The molecule has 6 nitrogen and oxygen atoms in total. The van der Waals surface area contributed by atoms with Crippen LogP contribution in [0.5, 0.6) is 0 Å². The topological polar surface area (TPSA) is 92.3 Å². The SMILES string of the molecule is O=S(=O)(Nc1ccc(S(=O)(=O)Nc2cccc(C(F)(F)F)c2)cc1)c1ccc(F)cc1. The van der Waals surface area contributed by atoms with Gasteiger partial charge in [-0.15, -0.1) is 0 Å². The molecule has 0 bridgehead atoms. The van der Waals surface area contributed by atoms with Crippen molar-refractivity contribution in [3.05, 3.63) is 84.2 Å². The molecule has 0 heterocycles. The number of halogens is 4. The average Bonchev–Trinajstić information content (AvgIpc) is 2.67. The molecule has 31 heavy (non-hydrogen) atoms. The van der Waals surface area contributed by atoms with Crippen LogP contribution in [0, 0.1) is 5.82 Å². The van der Waals surface area contributed by atoms with Gasteiger partial charge in [0, 0.05) is 11.4 Å². The quantitative estimate of drug-likeness (QED) is 0.517. The fourth-order valence-corrected chi connectivity index (χ4v) is 4.61. The van der Waals surface area contributed by atoms with Crippen molar-refractivity contribution in [1.29, 1.82) is 0 Å². The number of rotatable bonds is 6. The summed E-state index contributed by atoms with van der Waals surface area (Å²) < 4.78 is 105. The maximum absolute atomic E-state index is 13.0. The number of benzene rings is 3. The average molecular weight is 474 g/mol. The summed E-state index contributed by atoms with van der Waals surface area (Å²) >= 11 is 0. The molecule has 0 atom stereocenters. The summed E-state index contributed by atoms with van der Waals surface area (Å²) in [6.07, 6.45) is -4.63. The van der Waals surface area contributed by atoms with E-state index < -0.39 is 37.6 Å². The van der Waals surface area contributed by atoms with Crippen LogP contribution in [0.2, 0.25) is 0 Å². The summed E-state index contributed by atoms with van der Waals surface area (Å²) in [4.78, 5) is -0.494. The molecule has 0 saturated carbocycles.